The van der Waals surface area contributed by atoms with Crippen molar-refractivity contribution < 1.29 is 14.3 Å². The number of carbonyl (C=O) groups excluding carboxylic acids is 2. The number of rotatable bonds is 5. The molecule has 0 aliphatic carbocycles. The Bertz CT molecular complexity index is 602. The molecule has 0 spiro atoms. The van der Waals surface area contributed by atoms with E-state index >= 15 is 0 Å². The second-order valence-electron chi connectivity index (χ2n) is 4.31. The fourth-order valence-electron chi connectivity index (χ4n) is 1.84. The van der Waals surface area contributed by atoms with Crippen LogP contribution in [0.15, 0.2) is 48.9 Å². The summed E-state index contributed by atoms with van der Waals surface area (Å²) in [4.78, 5) is 31.4. The second kappa shape index (κ2) is 7.14. The van der Waals surface area contributed by atoms with Crippen LogP contribution in [0.2, 0.25) is 0 Å². The molecule has 0 aliphatic heterocycles. The first kappa shape index (κ1) is 14.6. The average Bonchev–Trinajstić information content (AvgIpc) is 2.55. The number of hydrogen-bond donors (Lipinski definition) is 1. The molecule has 1 amide bonds. The molecule has 6 nitrogen and oxygen atoms in total. The molecular formula is C15H15N3O3. The van der Waals surface area contributed by atoms with Crippen molar-refractivity contribution in [2.45, 2.75) is 12.5 Å². The van der Waals surface area contributed by atoms with Gasteiger partial charge >= 0.3 is 5.97 Å². The predicted octanol–water partition coefficient (Wildman–Crippen LogP) is 1.51. The minimum atomic E-state index is -0.479. The largest absolute Gasteiger partial charge is 0.469 e. The maximum absolute atomic E-state index is 12.1. The van der Waals surface area contributed by atoms with Gasteiger partial charge in [-0.1, -0.05) is 30.3 Å². The van der Waals surface area contributed by atoms with E-state index in [0.717, 1.165) is 5.56 Å². The van der Waals surface area contributed by atoms with Gasteiger partial charge in [0.05, 0.1) is 25.8 Å². The summed E-state index contributed by atoms with van der Waals surface area (Å²) in [6, 6.07) is 8.74. The summed E-state index contributed by atoms with van der Waals surface area (Å²) in [6.07, 6.45) is 4.34. The van der Waals surface area contributed by atoms with Crippen LogP contribution in [0.4, 0.5) is 0 Å². The van der Waals surface area contributed by atoms with Crippen LogP contribution < -0.4 is 5.32 Å². The third kappa shape index (κ3) is 4.10. The number of nitrogens with zero attached hydrogens (tertiary/aromatic N) is 2. The Morgan fingerprint density at radius 3 is 2.62 bits per heavy atom. The van der Waals surface area contributed by atoms with Crippen LogP contribution in [0.25, 0.3) is 0 Å². The summed E-state index contributed by atoms with van der Waals surface area (Å²) in [6.45, 7) is 0. The molecule has 1 aromatic heterocycles. The first-order valence-corrected chi connectivity index (χ1v) is 6.39. The van der Waals surface area contributed by atoms with E-state index in [1.54, 1.807) is 0 Å². The normalized spacial score (nSPS) is 11.5. The molecule has 1 aromatic carbocycles. The minimum Gasteiger partial charge on any atom is -0.469 e. The average molecular weight is 285 g/mol. The van der Waals surface area contributed by atoms with Crippen LogP contribution in [-0.4, -0.2) is 29.0 Å². The fraction of sp³-hybridized carbons (Fsp3) is 0.200. The van der Waals surface area contributed by atoms with Crippen LogP contribution in [0, 0.1) is 0 Å². The van der Waals surface area contributed by atoms with Gasteiger partial charge in [0, 0.05) is 12.4 Å². The van der Waals surface area contributed by atoms with Crippen LogP contribution in [-0.2, 0) is 9.53 Å². The maximum Gasteiger partial charge on any atom is 0.307 e. The summed E-state index contributed by atoms with van der Waals surface area (Å²) in [5.41, 5.74) is 1.02. The molecule has 0 bridgehead atoms. The highest BCUT2D eigenvalue weighted by molar-refractivity contribution is 5.92. The lowest BCUT2D eigenvalue weighted by atomic mass is 10.0. The number of benzene rings is 1. The van der Waals surface area contributed by atoms with Crippen LogP contribution in [0.1, 0.15) is 28.5 Å². The van der Waals surface area contributed by atoms with Gasteiger partial charge < -0.3 is 10.1 Å². The van der Waals surface area contributed by atoms with Gasteiger partial charge in [-0.3, -0.25) is 14.6 Å². The van der Waals surface area contributed by atoms with Gasteiger partial charge in [0.2, 0.25) is 0 Å². The standard InChI is InChI=1S/C15H15N3O3/c1-21-14(19)9-12(11-5-3-2-4-6-11)18-15(20)13-10-16-7-8-17-13/h2-8,10,12H,9H2,1H3,(H,18,20). The topological polar surface area (TPSA) is 81.2 Å². The lowest BCUT2D eigenvalue weighted by Gasteiger charge is -2.17. The van der Waals surface area contributed by atoms with E-state index in [2.05, 4.69) is 20.0 Å². The van der Waals surface area contributed by atoms with Gasteiger partial charge in [0.15, 0.2) is 0 Å². The van der Waals surface area contributed by atoms with E-state index < -0.39 is 12.0 Å². The molecule has 1 unspecified atom stereocenters. The first-order chi connectivity index (χ1) is 10.2. The Morgan fingerprint density at radius 2 is 2.00 bits per heavy atom. The number of ether oxygens (including phenoxy) is 1. The first-order valence-electron chi connectivity index (χ1n) is 6.39. The van der Waals surface area contributed by atoms with Crippen molar-refractivity contribution >= 4 is 11.9 Å². The van der Waals surface area contributed by atoms with Crippen LogP contribution in [0.3, 0.4) is 0 Å². The Labute approximate surface area is 122 Å². The fourth-order valence-corrected chi connectivity index (χ4v) is 1.84. The molecule has 0 saturated carbocycles. The molecule has 21 heavy (non-hydrogen) atoms. The van der Waals surface area contributed by atoms with Crippen molar-refractivity contribution in [1.29, 1.82) is 0 Å². The van der Waals surface area contributed by atoms with Crippen molar-refractivity contribution in [3.05, 3.63) is 60.2 Å². The predicted molar refractivity (Wildman–Crippen MR) is 75.3 cm³/mol. The van der Waals surface area contributed by atoms with E-state index in [1.165, 1.54) is 25.7 Å². The number of nitrogens with one attached hydrogen (secondary N) is 1. The number of esters is 1. The lowest BCUT2D eigenvalue weighted by Crippen LogP contribution is -2.31. The molecule has 2 rings (SSSR count). The molecule has 0 saturated heterocycles. The maximum atomic E-state index is 12.1. The smallest absolute Gasteiger partial charge is 0.307 e. The number of methoxy groups -OCH3 is 1. The third-order valence-electron chi connectivity index (χ3n) is 2.90. The highest BCUT2D eigenvalue weighted by atomic mass is 16.5. The highest BCUT2D eigenvalue weighted by Crippen LogP contribution is 2.17. The molecule has 0 radical (unpaired) electrons. The van der Waals surface area contributed by atoms with Crippen LogP contribution >= 0.6 is 0 Å². The quantitative estimate of drug-likeness (QED) is 0.842. The number of carbonyl (C=O) groups is 2. The van der Waals surface area contributed by atoms with Crippen molar-refractivity contribution in [2.24, 2.45) is 0 Å². The third-order valence-corrected chi connectivity index (χ3v) is 2.90. The zero-order valence-electron chi connectivity index (χ0n) is 11.5. The SMILES string of the molecule is COC(=O)CC(NC(=O)c1cnccn1)c1ccccc1. The Balaban J connectivity index is 2.16. The molecule has 0 aliphatic rings. The van der Waals surface area contributed by atoms with E-state index in [9.17, 15) is 9.59 Å². The van der Waals surface area contributed by atoms with Gasteiger partial charge in [-0.2, -0.15) is 0 Å². The van der Waals surface area contributed by atoms with Gasteiger partial charge in [-0.25, -0.2) is 4.98 Å². The lowest BCUT2D eigenvalue weighted by molar-refractivity contribution is -0.141. The molecular weight excluding hydrogens is 270 g/mol. The van der Waals surface area contributed by atoms with E-state index in [1.807, 2.05) is 30.3 Å². The molecule has 1 atom stereocenters. The molecule has 6 heteroatoms. The molecule has 0 fully saturated rings. The number of aromatic nitrogens is 2. The van der Waals surface area contributed by atoms with Gasteiger partial charge in [0.25, 0.3) is 5.91 Å². The van der Waals surface area contributed by atoms with Crippen molar-refractivity contribution in [1.82, 2.24) is 15.3 Å². The zero-order valence-corrected chi connectivity index (χ0v) is 11.5. The number of amides is 1. The Hall–Kier alpha value is -2.76. The minimum absolute atomic E-state index is 0.0481. The summed E-state index contributed by atoms with van der Waals surface area (Å²) in [7, 11) is 1.31. The van der Waals surface area contributed by atoms with Gasteiger partial charge in [-0.05, 0) is 5.56 Å². The monoisotopic (exact) mass is 285 g/mol. The van der Waals surface area contributed by atoms with Gasteiger partial charge in [0.1, 0.15) is 5.69 Å². The van der Waals surface area contributed by atoms with E-state index in [0.29, 0.717) is 0 Å². The van der Waals surface area contributed by atoms with Crippen molar-refractivity contribution in [3.8, 4) is 0 Å². The Morgan fingerprint density at radius 1 is 1.24 bits per heavy atom. The zero-order chi connectivity index (χ0) is 15.1. The second-order valence-corrected chi connectivity index (χ2v) is 4.31. The summed E-state index contributed by atoms with van der Waals surface area (Å²) < 4.78 is 4.67. The van der Waals surface area contributed by atoms with E-state index in [-0.39, 0.29) is 18.0 Å². The molecule has 1 N–H and O–H groups in total. The van der Waals surface area contributed by atoms with Crippen LogP contribution in [0.5, 0.6) is 0 Å². The molecule has 1 heterocycles. The Kier molecular flexibility index (Phi) is 4.98. The molecule has 108 valence electrons. The summed E-state index contributed by atoms with van der Waals surface area (Å²) in [5.74, 6) is -0.788. The van der Waals surface area contributed by atoms with Gasteiger partial charge in [-0.15, -0.1) is 0 Å². The van der Waals surface area contributed by atoms with Crippen molar-refractivity contribution in [3.63, 3.8) is 0 Å². The summed E-state index contributed by atoms with van der Waals surface area (Å²) in [5, 5.41) is 2.77. The summed E-state index contributed by atoms with van der Waals surface area (Å²) >= 11 is 0. The number of hydrogen-bond acceptors (Lipinski definition) is 5. The van der Waals surface area contributed by atoms with Crippen molar-refractivity contribution in [2.75, 3.05) is 7.11 Å². The highest BCUT2D eigenvalue weighted by Gasteiger charge is 2.20. The molecule has 2 aromatic rings. The van der Waals surface area contributed by atoms with E-state index in [4.69, 9.17) is 0 Å².